The largest absolute Gasteiger partial charge is 0.458 e. The number of carbonyl (C=O) groups excluding carboxylic acids is 2. The molecule has 0 radical (unpaired) electrons. The molecule has 0 aromatic rings. The number of hydrogen-bond acceptors (Lipinski definition) is 8. The zero-order chi connectivity index (χ0) is 20.1. The lowest BCUT2D eigenvalue weighted by molar-refractivity contribution is -0.165. The molecule has 1 heterocycles. The van der Waals surface area contributed by atoms with Crippen LogP contribution in [-0.2, 0) is 19.1 Å². The van der Waals surface area contributed by atoms with Crippen LogP contribution in [0.3, 0.4) is 0 Å². The molecule has 3 aliphatic rings. The summed E-state index contributed by atoms with van der Waals surface area (Å²) in [5, 5.41) is 40.1. The van der Waals surface area contributed by atoms with E-state index in [1.54, 1.807) is 0 Å². The van der Waals surface area contributed by atoms with Gasteiger partial charge in [-0.15, -0.1) is 0 Å². The molecule has 0 aromatic heterocycles. The van der Waals surface area contributed by atoms with E-state index >= 15 is 0 Å². The summed E-state index contributed by atoms with van der Waals surface area (Å²) in [7, 11) is 0. The van der Waals surface area contributed by atoms with E-state index < -0.39 is 66.8 Å². The van der Waals surface area contributed by atoms with Crippen LogP contribution in [0.1, 0.15) is 12.8 Å². The monoisotopic (exact) mass is 380 g/mol. The Morgan fingerprint density at radius 3 is 2.59 bits per heavy atom. The third kappa shape index (κ3) is 2.93. The van der Waals surface area contributed by atoms with E-state index in [0.29, 0.717) is 5.57 Å². The molecule has 27 heavy (non-hydrogen) atoms. The molecule has 2 saturated carbocycles. The molecule has 2 aliphatic carbocycles. The fraction of sp³-hybridized carbons (Fsp3) is 0.579. The molecule has 8 nitrogen and oxygen atoms in total. The van der Waals surface area contributed by atoms with Crippen molar-refractivity contribution in [2.75, 3.05) is 13.2 Å². The van der Waals surface area contributed by atoms with Gasteiger partial charge in [-0.3, -0.25) is 0 Å². The second kappa shape index (κ2) is 6.87. The molecule has 8 heteroatoms. The maximum Gasteiger partial charge on any atom is 0.336 e. The van der Waals surface area contributed by atoms with Crippen molar-refractivity contribution in [3.8, 4) is 0 Å². The standard InChI is InChI=1S/C19H24O8/c1-8-4-12(26-17(23)9(2)6-20)14-10(3)18(24)27-16(14)15-11(8)5-13(22)19(15,25)7-21/h11-16,20-22,25H,1-7H2. The summed E-state index contributed by atoms with van der Waals surface area (Å²) < 4.78 is 10.9. The first-order chi connectivity index (χ1) is 12.7. The lowest BCUT2D eigenvalue weighted by Gasteiger charge is -2.37. The molecule has 0 spiro atoms. The van der Waals surface area contributed by atoms with Crippen LogP contribution in [0.4, 0.5) is 0 Å². The van der Waals surface area contributed by atoms with Crippen molar-refractivity contribution < 1.29 is 39.5 Å². The lowest BCUT2D eigenvalue weighted by atomic mass is 9.76. The first-order valence-electron chi connectivity index (χ1n) is 8.74. The predicted octanol–water partition coefficient (Wildman–Crippen LogP) is -0.775. The summed E-state index contributed by atoms with van der Waals surface area (Å²) >= 11 is 0. The van der Waals surface area contributed by atoms with Gasteiger partial charge in [0.25, 0.3) is 0 Å². The van der Waals surface area contributed by atoms with Crippen molar-refractivity contribution in [3.63, 3.8) is 0 Å². The average molecular weight is 380 g/mol. The zero-order valence-electron chi connectivity index (χ0n) is 14.8. The maximum absolute atomic E-state index is 12.2. The topological polar surface area (TPSA) is 134 Å². The molecule has 1 aliphatic heterocycles. The number of ether oxygens (including phenoxy) is 2. The number of carbonyl (C=O) groups is 2. The molecule has 3 fully saturated rings. The molecular formula is C19H24O8. The lowest BCUT2D eigenvalue weighted by Crippen LogP contribution is -2.53. The van der Waals surface area contributed by atoms with Crippen LogP contribution in [0.25, 0.3) is 0 Å². The predicted molar refractivity (Wildman–Crippen MR) is 92.0 cm³/mol. The van der Waals surface area contributed by atoms with E-state index in [1.807, 2.05) is 0 Å². The Labute approximate surface area is 156 Å². The summed E-state index contributed by atoms with van der Waals surface area (Å²) in [5.41, 5.74) is -1.33. The molecule has 0 aromatic carbocycles. The molecular weight excluding hydrogens is 356 g/mol. The van der Waals surface area contributed by atoms with Gasteiger partial charge in [-0.05, 0) is 12.3 Å². The summed E-state index contributed by atoms with van der Waals surface area (Å²) in [6, 6.07) is 0. The van der Waals surface area contributed by atoms with Crippen molar-refractivity contribution in [2.45, 2.75) is 36.8 Å². The zero-order valence-corrected chi connectivity index (χ0v) is 14.8. The minimum Gasteiger partial charge on any atom is -0.458 e. The quantitative estimate of drug-likeness (QED) is 0.284. The van der Waals surface area contributed by atoms with Gasteiger partial charge < -0.3 is 29.9 Å². The maximum atomic E-state index is 12.2. The smallest absolute Gasteiger partial charge is 0.336 e. The first kappa shape index (κ1) is 19.8. The molecule has 1 saturated heterocycles. The van der Waals surface area contributed by atoms with Gasteiger partial charge in [0.05, 0.1) is 30.8 Å². The van der Waals surface area contributed by atoms with Crippen molar-refractivity contribution in [1.82, 2.24) is 0 Å². The van der Waals surface area contributed by atoms with E-state index in [4.69, 9.17) is 14.6 Å². The fourth-order valence-electron chi connectivity index (χ4n) is 4.58. The van der Waals surface area contributed by atoms with E-state index in [2.05, 4.69) is 19.7 Å². The number of aliphatic hydroxyl groups is 4. The Hall–Kier alpha value is -2.00. The van der Waals surface area contributed by atoms with E-state index in [1.165, 1.54) is 0 Å². The van der Waals surface area contributed by atoms with Gasteiger partial charge in [0, 0.05) is 17.9 Å². The highest BCUT2D eigenvalue weighted by Gasteiger charge is 2.64. The van der Waals surface area contributed by atoms with Crippen LogP contribution < -0.4 is 0 Å². The Morgan fingerprint density at radius 2 is 2.00 bits per heavy atom. The van der Waals surface area contributed by atoms with Crippen molar-refractivity contribution in [1.29, 1.82) is 0 Å². The Kier molecular flexibility index (Phi) is 5.02. The highest BCUT2D eigenvalue weighted by Crippen LogP contribution is 2.54. The third-order valence-corrected chi connectivity index (χ3v) is 6.06. The Bertz CT molecular complexity index is 712. The molecule has 7 atom stereocenters. The summed E-state index contributed by atoms with van der Waals surface area (Å²) in [4.78, 5) is 24.3. The minimum absolute atomic E-state index is 0.0857. The summed E-state index contributed by atoms with van der Waals surface area (Å²) in [6.45, 7) is 9.89. The van der Waals surface area contributed by atoms with Gasteiger partial charge in [-0.25, -0.2) is 9.59 Å². The highest BCUT2D eigenvalue weighted by atomic mass is 16.6. The molecule has 0 amide bonds. The average Bonchev–Trinajstić information content (AvgIpc) is 3.03. The van der Waals surface area contributed by atoms with Crippen LogP contribution in [0.2, 0.25) is 0 Å². The van der Waals surface area contributed by atoms with Crippen LogP contribution in [-0.4, -0.2) is 69.5 Å². The highest BCUT2D eigenvalue weighted by molar-refractivity contribution is 5.92. The van der Waals surface area contributed by atoms with Gasteiger partial charge in [0.1, 0.15) is 17.8 Å². The molecule has 3 rings (SSSR count). The molecule has 0 bridgehead atoms. The van der Waals surface area contributed by atoms with Gasteiger partial charge in [-0.1, -0.05) is 25.3 Å². The van der Waals surface area contributed by atoms with Crippen LogP contribution >= 0.6 is 0 Å². The van der Waals surface area contributed by atoms with Gasteiger partial charge in [-0.2, -0.15) is 0 Å². The van der Waals surface area contributed by atoms with Crippen LogP contribution in [0.5, 0.6) is 0 Å². The first-order valence-corrected chi connectivity index (χ1v) is 8.74. The third-order valence-electron chi connectivity index (χ3n) is 6.06. The Morgan fingerprint density at radius 1 is 1.33 bits per heavy atom. The van der Waals surface area contributed by atoms with E-state index in [9.17, 15) is 24.9 Å². The van der Waals surface area contributed by atoms with Gasteiger partial charge >= 0.3 is 11.9 Å². The number of esters is 2. The van der Waals surface area contributed by atoms with E-state index in [-0.39, 0.29) is 24.0 Å². The van der Waals surface area contributed by atoms with Crippen molar-refractivity contribution in [3.05, 3.63) is 36.5 Å². The second-order valence-corrected chi connectivity index (χ2v) is 7.52. The number of hydrogen-bond donors (Lipinski definition) is 4. The molecule has 148 valence electrons. The van der Waals surface area contributed by atoms with Crippen molar-refractivity contribution >= 4 is 11.9 Å². The molecule has 4 N–H and O–H groups in total. The van der Waals surface area contributed by atoms with Gasteiger partial charge in [0.2, 0.25) is 0 Å². The SMILES string of the molecule is C=C(CO)C(=O)OC1CC(=C)C2CC(O)C(O)(CO)C2C2OC(=O)C(=C)C12. The normalized spacial score (nSPS) is 40.8. The Balaban J connectivity index is 2.01. The van der Waals surface area contributed by atoms with Crippen LogP contribution in [0, 0.1) is 17.8 Å². The number of aliphatic hydroxyl groups excluding tert-OH is 3. The number of fused-ring (bicyclic) bond motifs is 3. The summed E-state index contributed by atoms with van der Waals surface area (Å²) in [5.74, 6) is -3.52. The van der Waals surface area contributed by atoms with Crippen molar-refractivity contribution in [2.24, 2.45) is 17.8 Å². The summed E-state index contributed by atoms with van der Waals surface area (Å²) in [6.07, 6.45) is -2.71. The minimum atomic E-state index is -1.88. The number of rotatable bonds is 4. The second-order valence-electron chi connectivity index (χ2n) is 7.52. The van der Waals surface area contributed by atoms with E-state index in [0.717, 1.165) is 0 Å². The van der Waals surface area contributed by atoms with Gasteiger partial charge in [0.15, 0.2) is 0 Å². The fourth-order valence-corrected chi connectivity index (χ4v) is 4.58. The molecule has 7 unspecified atom stereocenters. The van der Waals surface area contributed by atoms with Crippen LogP contribution in [0.15, 0.2) is 36.5 Å².